The standard InChI is InChI=1S/C21H23N3O2S/c1-13-7-9-17(10-8-13)14(2)23-20(25)18-6-5-11-22-21(18)27-12-19-15(3)24-26-16(19)4/h5-11,14H,12H2,1-4H3,(H,23,25). The molecule has 140 valence electrons. The molecule has 27 heavy (non-hydrogen) atoms. The summed E-state index contributed by atoms with van der Waals surface area (Å²) in [5.41, 5.74) is 4.76. The summed E-state index contributed by atoms with van der Waals surface area (Å²) < 4.78 is 5.21. The molecule has 2 aromatic heterocycles. The van der Waals surface area contributed by atoms with E-state index in [1.54, 1.807) is 18.3 Å². The zero-order valence-electron chi connectivity index (χ0n) is 15.9. The molecular formula is C21H23N3O2S. The molecule has 1 atom stereocenters. The summed E-state index contributed by atoms with van der Waals surface area (Å²) >= 11 is 1.51. The van der Waals surface area contributed by atoms with Gasteiger partial charge in [0.1, 0.15) is 10.8 Å². The van der Waals surface area contributed by atoms with Crippen LogP contribution >= 0.6 is 11.8 Å². The van der Waals surface area contributed by atoms with Crippen LogP contribution < -0.4 is 5.32 Å². The van der Waals surface area contributed by atoms with Crippen molar-refractivity contribution in [2.75, 3.05) is 0 Å². The Kier molecular flexibility index (Phi) is 5.96. The van der Waals surface area contributed by atoms with E-state index >= 15 is 0 Å². The number of hydrogen-bond acceptors (Lipinski definition) is 5. The maximum absolute atomic E-state index is 12.8. The van der Waals surface area contributed by atoms with E-state index in [1.165, 1.54) is 17.3 Å². The zero-order valence-corrected chi connectivity index (χ0v) is 16.8. The fourth-order valence-electron chi connectivity index (χ4n) is 2.74. The molecule has 0 aliphatic carbocycles. The molecule has 1 N–H and O–H groups in total. The van der Waals surface area contributed by atoms with Crippen molar-refractivity contribution in [2.45, 2.75) is 44.5 Å². The highest BCUT2D eigenvalue weighted by Crippen LogP contribution is 2.27. The smallest absolute Gasteiger partial charge is 0.254 e. The van der Waals surface area contributed by atoms with Crippen LogP contribution in [0.2, 0.25) is 0 Å². The molecule has 0 bridgehead atoms. The van der Waals surface area contributed by atoms with Gasteiger partial charge in [-0.15, -0.1) is 11.8 Å². The molecule has 1 amide bonds. The number of nitrogens with zero attached hydrogens (tertiary/aromatic N) is 2. The van der Waals surface area contributed by atoms with Crippen LogP contribution in [0.3, 0.4) is 0 Å². The van der Waals surface area contributed by atoms with Crippen molar-refractivity contribution in [3.63, 3.8) is 0 Å². The molecule has 0 saturated heterocycles. The highest BCUT2D eigenvalue weighted by atomic mass is 32.2. The predicted molar refractivity (Wildman–Crippen MR) is 107 cm³/mol. The number of rotatable bonds is 6. The lowest BCUT2D eigenvalue weighted by Crippen LogP contribution is -2.27. The fourth-order valence-corrected chi connectivity index (χ4v) is 3.88. The molecule has 0 radical (unpaired) electrons. The van der Waals surface area contributed by atoms with Gasteiger partial charge in [0.15, 0.2) is 0 Å². The first kappa shape index (κ1) is 19.2. The fraction of sp³-hybridized carbons (Fsp3) is 0.286. The summed E-state index contributed by atoms with van der Waals surface area (Å²) in [5, 5.41) is 7.74. The van der Waals surface area contributed by atoms with E-state index in [0.717, 1.165) is 22.6 Å². The second-order valence-electron chi connectivity index (χ2n) is 6.55. The Morgan fingerprint density at radius 2 is 1.93 bits per heavy atom. The Hall–Kier alpha value is -2.60. The minimum atomic E-state index is -0.127. The highest BCUT2D eigenvalue weighted by Gasteiger charge is 2.17. The van der Waals surface area contributed by atoms with Gasteiger partial charge in [-0.25, -0.2) is 4.98 Å². The van der Waals surface area contributed by atoms with Gasteiger partial charge < -0.3 is 9.84 Å². The minimum Gasteiger partial charge on any atom is -0.361 e. The third-order valence-electron chi connectivity index (χ3n) is 4.48. The van der Waals surface area contributed by atoms with Gasteiger partial charge in [-0.2, -0.15) is 0 Å². The van der Waals surface area contributed by atoms with E-state index in [1.807, 2.05) is 52.0 Å². The van der Waals surface area contributed by atoms with Gasteiger partial charge in [-0.1, -0.05) is 35.0 Å². The van der Waals surface area contributed by atoms with Gasteiger partial charge in [0.05, 0.1) is 17.3 Å². The van der Waals surface area contributed by atoms with Gasteiger partial charge in [0, 0.05) is 17.5 Å². The summed E-state index contributed by atoms with van der Waals surface area (Å²) in [6.07, 6.45) is 1.70. The summed E-state index contributed by atoms with van der Waals surface area (Å²) in [6.45, 7) is 7.84. The van der Waals surface area contributed by atoms with Crippen LogP contribution in [0.1, 0.15) is 51.5 Å². The topological polar surface area (TPSA) is 68.0 Å². The summed E-state index contributed by atoms with van der Waals surface area (Å²) in [6, 6.07) is 11.7. The third-order valence-corrected chi connectivity index (χ3v) is 5.51. The average molecular weight is 382 g/mol. The Labute approximate surface area is 163 Å². The molecule has 0 aliphatic rings. The first-order valence-electron chi connectivity index (χ1n) is 8.82. The summed E-state index contributed by atoms with van der Waals surface area (Å²) in [7, 11) is 0. The van der Waals surface area contributed by atoms with Crippen molar-refractivity contribution < 1.29 is 9.32 Å². The van der Waals surface area contributed by atoms with Crippen molar-refractivity contribution in [1.29, 1.82) is 0 Å². The number of carbonyl (C=O) groups is 1. The van der Waals surface area contributed by atoms with Crippen LogP contribution in [0.4, 0.5) is 0 Å². The summed E-state index contributed by atoms with van der Waals surface area (Å²) in [5.74, 6) is 1.33. The van der Waals surface area contributed by atoms with E-state index in [2.05, 4.69) is 15.5 Å². The molecule has 3 rings (SSSR count). The molecule has 0 saturated carbocycles. The Morgan fingerprint density at radius 3 is 2.59 bits per heavy atom. The number of carbonyl (C=O) groups excluding carboxylic acids is 1. The number of hydrogen-bond donors (Lipinski definition) is 1. The Morgan fingerprint density at radius 1 is 1.19 bits per heavy atom. The van der Waals surface area contributed by atoms with Crippen molar-refractivity contribution in [1.82, 2.24) is 15.5 Å². The number of nitrogens with one attached hydrogen (secondary N) is 1. The average Bonchev–Trinajstić information content (AvgIpc) is 2.98. The van der Waals surface area contributed by atoms with Crippen LogP contribution in [0.15, 0.2) is 52.1 Å². The number of benzene rings is 1. The lowest BCUT2D eigenvalue weighted by molar-refractivity contribution is 0.0936. The van der Waals surface area contributed by atoms with Crippen LogP contribution in [0, 0.1) is 20.8 Å². The maximum atomic E-state index is 12.8. The van der Waals surface area contributed by atoms with Crippen molar-refractivity contribution >= 4 is 17.7 Å². The first-order chi connectivity index (χ1) is 13.0. The van der Waals surface area contributed by atoms with E-state index in [0.29, 0.717) is 16.3 Å². The van der Waals surface area contributed by atoms with Crippen molar-refractivity contribution in [3.05, 3.63) is 76.3 Å². The lowest BCUT2D eigenvalue weighted by Gasteiger charge is -2.16. The van der Waals surface area contributed by atoms with Crippen LogP contribution in [-0.2, 0) is 5.75 Å². The normalized spacial score (nSPS) is 12.0. The first-order valence-corrected chi connectivity index (χ1v) is 9.81. The van der Waals surface area contributed by atoms with Crippen LogP contribution in [0.5, 0.6) is 0 Å². The minimum absolute atomic E-state index is 0.0845. The van der Waals surface area contributed by atoms with Crippen molar-refractivity contribution in [3.8, 4) is 0 Å². The second kappa shape index (κ2) is 8.39. The lowest BCUT2D eigenvalue weighted by atomic mass is 10.1. The van der Waals surface area contributed by atoms with Crippen molar-refractivity contribution in [2.24, 2.45) is 0 Å². The highest BCUT2D eigenvalue weighted by molar-refractivity contribution is 7.98. The maximum Gasteiger partial charge on any atom is 0.254 e. The number of thioether (sulfide) groups is 1. The predicted octanol–water partition coefficient (Wildman–Crippen LogP) is 4.78. The second-order valence-corrected chi connectivity index (χ2v) is 7.52. The number of amides is 1. The molecule has 1 unspecified atom stereocenters. The molecule has 5 nitrogen and oxygen atoms in total. The quantitative estimate of drug-likeness (QED) is 0.623. The number of aryl methyl sites for hydroxylation is 3. The van der Waals surface area contributed by atoms with E-state index in [-0.39, 0.29) is 11.9 Å². The van der Waals surface area contributed by atoms with Gasteiger partial charge >= 0.3 is 0 Å². The SMILES string of the molecule is Cc1ccc(C(C)NC(=O)c2cccnc2SCc2c(C)noc2C)cc1. The molecule has 6 heteroatoms. The molecule has 0 fully saturated rings. The molecule has 3 aromatic rings. The van der Waals surface area contributed by atoms with Gasteiger partial charge in [-0.3, -0.25) is 4.79 Å². The molecule has 1 aromatic carbocycles. The Balaban J connectivity index is 1.72. The third kappa shape index (κ3) is 4.57. The number of pyridine rings is 1. The largest absolute Gasteiger partial charge is 0.361 e. The zero-order chi connectivity index (χ0) is 19.4. The van der Waals surface area contributed by atoms with E-state index in [9.17, 15) is 4.79 Å². The monoisotopic (exact) mass is 381 g/mol. The van der Waals surface area contributed by atoms with Crippen LogP contribution in [0.25, 0.3) is 0 Å². The summed E-state index contributed by atoms with van der Waals surface area (Å²) in [4.78, 5) is 17.2. The molecule has 0 aliphatic heterocycles. The molecular weight excluding hydrogens is 358 g/mol. The van der Waals surface area contributed by atoms with Gasteiger partial charge in [0.2, 0.25) is 0 Å². The Bertz CT molecular complexity index is 915. The van der Waals surface area contributed by atoms with Gasteiger partial charge in [0.25, 0.3) is 5.91 Å². The molecule has 0 spiro atoms. The number of aromatic nitrogens is 2. The van der Waals surface area contributed by atoms with E-state index < -0.39 is 0 Å². The van der Waals surface area contributed by atoms with E-state index in [4.69, 9.17) is 4.52 Å². The molecule has 2 heterocycles. The van der Waals surface area contributed by atoms with Crippen LogP contribution in [-0.4, -0.2) is 16.0 Å². The van der Waals surface area contributed by atoms with Gasteiger partial charge in [-0.05, 0) is 45.4 Å².